The fourth-order valence-corrected chi connectivity index (χ4v) is 1.42. The second-order valence-electron chi connectivity index (χ2n) is 2.76. The van der Waals surface area contributed by atoms with E-state index in [-0.39, 0.29) is 10.0 Å². The van der Waals surface area contributed by atoms with E-state index in [2.05, 4.69) is 15.9 Å². The predicted octanol–water partition coefficient (Wildman–Crippen LogP) is 2.68. The van der Waals surface area contributed by atoms with Crippen molar-refractivity contribution in [3.63, 3.8) is 0 Å². The Balaban J connectivity index is 3.20. The number of hydrogen-bond acceptors (Lipinski definition) is 2. The summed E-state index contributed by atoms with van der Waals surface area (Å²) in [4.78, 5) is 11.2. The highest BCUT2D eigenvalue weighted by molar-refractivity contribution is 9.10. The zero-order valence-electron chi connectivity index (χ0n) is 7.60. The van der Waals surface area contributed by atoms with E-state index in [1.54, 1.807) is 5.32 Å². The van der Waals surface area contributed by atoms with E-state index in [0.29, 0.717) is 6.07 Å². The first-order valence-electron chi connectivity index (χ1n) is 3.92. The quantitative estimate of drug-likeness (QED) is 0.639. The number of nitriles is 1. The molecule has 0 aliphatic rings. The maximum Gasteiger partial charge on any atom is 0.416 e. The van der Waals surface area contributed by atoms with Gasteiger partial charge in [-0.2, -0.15) is 18.4 Å². The van der Waals surface area contributed by atoms with E-state index in [1.807, 2.05) is 0 Å². The molecule has 0 unspecified atom stereocenters. The highest BCUT2D eigenvalue weighted by Crippen LogP contribution is 2.31. The molecule has 0 aliphatic heterocycles. The minimum Gasteiger partial charge on any atom is -0.268 e. The topological polar surface area (TPSA) is 52.9 Å². The smallest absolute Gasteiger partial charge is 0.268 e. The Morgan fingerprint density at radius 2 is 2.06 bits per heavy atom. The zero-order valence-corrected chi connectivity index (χ0v) is 9.19. The van der Waals surface area contributed by atoms with Crippen LogP contribution >= 0.6 is 15.9 Å². The first-order valence-corrected chi connectivity index (χ1v) is 4.71. The molecule has 0 aromatic heterocycles. The van der Waals surface area contributed by atoms with Crippen LogP contribution in [0.1, 0.15) is 15.9 Å². The highest BCUT2D eigenvalue weighted by atomic mass is 79.9. The molecule has 0 radical (unpaired) electrons. The molecule has 0 fully saturated rings. The maximum absolute atomic E-state index is 12.3. The summed E-state index contributed by atoms with van der Waals surface area (Å²) >= 11 is 2.93. The molecule has 0 spiro atoms. The molecule has 0 saturated heterocycles. The molecular weight excluding hydrogens is 289 g/mol. The SMILES string of the molecule is N#CNC(=O)c1cc(C(F)(F)F)ccc1Br. The average molecular weight is 293 g/mol. The minimum atomic E-state index is -4.53. The summed E-state index contributed by atoms with van der Waals surface area (Å²) in [5, 5.41) is 9.95. The van der Waals surface area contributed by atoms with Crippen molar-refractivity contribution in [1.29, 1.82) is 5.26 Å². The summed E-state index contributed by atoms with van der Waals surface area (Å²) < 4.78 is 37.2. The molecule has 1 rings (SSSR count). The van der Waals surface area contributed by atoms with Crippen molar-refractivity contribution in [1.82, 2.24) is 5.32 Å². The Labute approximate surface area is 97.0 Å². The maximum atomic E-state index is 12.3. The third-order valence-electron chi connectivity index (χ3n) is 1.71. The lowest BCUT2D eigenvalue weighted by atomic mass is 10.1. The Morgan fingerprint density at radius 1 is 1.44 bits per heavy atom. The van der Waals surface area contributed by atoms with Crippen LogP contribution in [0.5, 0.6) is 0 Å². The highest BCUT2D eigenvalue weighted by Gasteiger charge is 2.31. The Morgan fingerprint density at radius 3 is 2.56 bits per heavy atom. The van der Waals surface area contributed by atoms with Crippen LogP contribution in [-0.2, 0) is 6.18 Å². The normalized spacial score (nSPS) is 10.7. The number of nitrogens with zero attached hydrogens (tertiary/aromatic N) is 1. The van der Waals surface area contributed by atoms with Gasteiger partial charge in [-0.1, -0.05) is 0 Å². The molecule has 0 heterocycles. The Kier molecular flexibility index (Phi) is 3.55. The summed E-state index contributed by atoms with van der Waals surface area (Å²) in [6, 6.07) is 2.62. The number of benzene rings is 1. The number of alkyl halides is 3. The van der Waals surface area contributed by atoms with Gasteiger partial charge in [0.1, 0.15) is 0 Å². The second kappa shape index (κ2) is 4.53. The van der Waals surface area contributed by atoms with Crippen molar-refractivity contribution in [3.05, 3.63) is 33.8 Å². The molecule has 0 aliphatic carbocycles. The molecule has 7 heteroatoms. The van der Waals surface area contributed by atoms with Gasteiger partial charge in [-0.25, -0.2) is 0 Å². The molecule has 1 aromatic rings. The first-order chi connectivity index (χ1) is 7.36. The third-order valence-corrected chi connectivity index (χ3v) is 2.40. The number of carbonyl (C=O) groups excluding carboxylic acids is 1. The molecule has 1 amide bonds. The first kappa shape index (κ1) is 12.5. The molecular formula is C9H4BrF3N2O. The molecule has 84 valence electrons. The van der Waals surface area contributed by atoms with Crippen LogP contribution in [0.25, 0.3) is 0 Å². The lowest BCUT2D eigenvalue weighted by Gasteiger charge is -2.09. The molecule has 1 aromatic carbocycles. The number of nitrogens with one attached hydrogen (secondary N) is 1. The number of rotatable bonds is 1. The van der Waals surface area contributed by atoms with Gasteiger partial charge in [-0.15, -0.1) is 0 Å². The summed E-state index contributed by atoms with van der Waals surface area (Å²) in [5.74, 6) is -0.888. The zero-order chi connectivity index (χ0) is 12.3. The van der Waals surface area contributed by atoms with Crippen molar-refractivity contribution in [3.8, 4) is 6.19 Å². The molecule has 3 nitrogen and oxygen atoms in total. The number of halogens is 4. The third kappa shape index (κ3) is 2.73. The summed E-state index contributed by atoms with van der Waals surface area (Å²) in [5.41, 5.74) is -1.19. The van der Waals surface area contributed by atoms with Crippen molar-refractivity contribution in [2.24, 2.45) is 0 Å². The van der Waals surface area contributed by atoms with Crippen molar-refractivity contribution >= 4 is 21.8 Å². The number of carbonyl (C=O) groups is 1. The lowest BCUT2D eigenvalue weighted by Crippen LogP contribution is -2.19. The van der Waals surface area contributed by atoms with Crippen molar-refractivity contribution < 1.29 is 18.0 Å². The number of amides is 1. The monoisotopic (exact) mass is 292 g/mol. The van der Waals surface area contributed by atoms with Crippen LogP contribution in [-0.4, -0.2) is 5.91 Å². The van der Waals surface area contributed by atoms with Crippen molar-refractivity contribution in [2.45, 2.75) is 6.18 Å². The van der Waals surface area contributed by atoms with E-state index in [4.69, 9.17) is 5.26 Å². The van der Waals surface area contributed by atoms with Gasteiger partial charge in [-0.05, 0) is 34.1 Å². The van der Waals surface area contributed by atoms with Gasteiger partial charge in [0, 0.05) is 4.47 Å². The molecule has 0 saturated carbocycles. The van der Waals surface area contributed by atoms with E-state index < -0.39 is 17.6 Å². The van der Waals surface area contributed by atoms with Crippen LogP contribution in [0.15, 0.2) is 22.7 Å². The van der Waals surface area contributed by atoms with Gasteiger partial charge < -0.3 is 0 Å². The van der Waals surface area contributed by atoms with E-state index >= 15 is 0 Å². The predicted molar refractivity (Wildman–Crippen MR) is 52.2 cm³/mol. The van der Waals surface area contributed by atoms with E-state index in [9.17, 15) is 18.0 Å². The molecule has 1 N–H and O–H groups in total. The lowest BCUT2D eigenvalue weighted by molar-refractivity contribution is -0.137. The molecule has 0 bridgehead atoms. The van der Waals surface area contributed by atoms with Crippen molar-refractivity contribution in [2.75, 3.05) is 0 Å². The van der Waals surface area contributed by atoms with Crippen LogP contribution in [0, 0.1) is 11.5 Å². The standard InChI is InChI=1S/C9H4BrF3N2O/c10-7-2-1-5(9(11,12)13)3-6(7)8(16)15-4-14/h1-3H,(H,15,16). The van der Waals surface area contributed by atoms with Gasteiger partial charge in [0.05, 0.1) is 11.1 Å². The molecule has 0 atom stereocenters. The van der Waals surface area contributed by atoms with Gasteiger partial charge in [0.25, 0.3) is 5.91 Å². The Bertz CT molecular complexity index is 465. The van der Waals surface area contributed by atoms with E-state index in [1.165, 1.54) is 6.19 Å². The summed E-state index contributed by atoms with van der Waals surface area (Å²) in [7, 11) is 0. The van der Waals surface area contributed by atoms with Gasteiger partial charge in [-0.3, -0.25) is 10.1 Å². The van der Waals surface area contributed by atoms with Crippen LogP contribution in [0.4, 0.5) is 13.2 Å². The summed E-state index contributed by atoms with van der Waals surface area (Å²) in [6.07, 6.45) is -3.18. The fraction of sp³-hybridized carbons (Fsp3) is 0.111. The number of hydrogen-bond donors (Lipinski definition) is 1. The Hall–Kier alpha value is -1.55. The van der Waals surface area contributed by atoms with Gasteiger partial charge in [0.15, 0.2) is 6.19 Å². The van der Waals surface area contributed by atoms with Crippen LogP contribution in [0.3, 0.4) is 0 Å². The van der Waals surface area contributed by atoms with Crippen LogP contribution < -0.4 is 5.32 Å². The molecule has 16 heavy (non-hydrogen) atoms. The average Bonchev–Trinajstić information content (AvgIpc) is 2.16. The minimum absolute atomic E-state index is 0.188. The largest absolute Gasteiger partial charge is 0.416 e. The van der Waals surface area contributed by atoms with Gasteiger partial charge in [0.2, 0.25) is 0 Å². The van der Waals surface area contributed by atoms with E-state index in [0.717, 1.165) is 12.1 Å². The fourth-order valence-electron chi connectivity index (χ4n) is 0.994. The summed E-state index contributed by atoms with van der Waals surface area (Å²) in [6.45, 7) is 0. The van der Waals surface area contributed by atoms with Gasteiger partial charge >= 0.3 is 6.18 Å². The van der Waals surface area contributed by atoms with Crippen LogP contribution in [0.2, 0.25) is 0 Å². The second-order valence-corrected chi connectivity index (χ2v) is 3.61.